The SMILES string of the molecule is COc1ccccc1OCCC(=O)NCCc1cnn(-c2ccccc2)c1. The summed E-state index contributed by atoms with van der Waals surface area (Å²) < 4.78 is 12.7. The zero-order valence-corrected chi connectivity index (χ0v) is 15.3. The Morgan fingerprint density at radius 3 is 2.59 bits per heavy atom. The molecule has 1 heterocycles. The van der Waals surface area contributed by atoms with Crippen LogP contribution in [0.15, 0.2) is 67.0 Å². The van der Waals surface area contributed by atoms with Crippen LogP contribution in [0.5, 0.6) is 11.5 Å². The van der Waals surface area contributed by atoms with E-state index in [1.807, 2.05) is 71.7 Å². The van der Waals surface area contributed by atoms with Crippen LogP contribution in [0.2, 0.25) is 0 Å². The van der Waals surface area contributed by atoms with Crippen molar-refractivity contribution in [3.63, 3.8) is 0 Å². The Balaban J connectivity index is 1.38. The van der Waals surface area contributed by atoms with Gasteiger partial charge in [0.2, 0.25) is 5.91 Å². The van der Waals surface area contributed by atoms with Crippen LogP contribution in [0.4, 0.5) is 0 Å². The van der Waals surface area contributed by atoms with Gasteiger partial charge in [0.15, 0.2) is 11.5 Å². The number of carbonyl (C=O) groups excluding carboxylic acids is 1. The van der Waals surface area contributed by atoms with Crippen LogP contribution in [0.25, 0.3) is 5.69 Å². The van der Waals surface area contributed by atoms with Crippen molar-refractivity contribution in [3.8, 4) is 17.2 Å². The summed E-state index contributed by atoms with van der Waals surface area (Å²) in [5.74, 6) is 1.26. The van der Waals surface area contributed by atoms with Gasteiger partial charge >= 0.3 is 0 Å². The van der Waals surface area contributed by atoms with Crippen LogP contribution in [-0.2, 0) is 11.2 Å². The highest BCUT2D eigenvalue weighted by molar-refractivity contribution is 5.76. The van der Waals surface area contributed by atoms with Crippen LogP contribution in [0.3, 0.4) is 0 Å². The number of nitrogens with zero attached hydrogens (tertiary/aromatic N) is 2. The van der Waals surface area contributed by atoms with Gasteiger partial charge in [-0.25, -0.2) is 4.68 Å². The molecule has 0 radical (unpaired) electrons. The lowest BCUT2D eigenvalue weighted by molar-refractivity contribution is -0.121. The standard InChI is InChI=1S/C21H23N3O3/c1-26-19-9-5-6-10-20(19)27-14-12-21(25)22-13-11-17-15-23-24(16-17)18-7-3-2-4-8-18/h2-10,15-16H,11-14H2,1H3,(H,22,25). The third-order valence-corrected chi connectivity index (χ3v) is 4.05. The second-order valence-corrected chi connectivity index (χ2v) is 5.98. The molecule has 0 saturated carbocycles. The Morgan fingerprint density at radius 1 is 1.07 bits per heavy atom. The van der Waals surface area contributed by atoms with Gasteiger partial charge in [0, 0.05) is 12.7 Å². The van der Waals surface area contributed by atoms with E-state index >= 15 is 0 Å². The highest BCUT2D eigenvalue weighted by Gasteiger charge is 2.06. The van der Waals surface area contributed by atoms with Crippen molar-refractivity contribution in [3.05, 3.63) is 72.6 Å². The van der Waals surface area contributed by atoms with Crippen molar-refractivity contribution in [2.45, 2.75) is 12.8 Å². The number of nitrogens with one attached hydrogen (secondary N) is 1. The highest BCUT2D eigenvalue weighted by atomic mass is 16.5. The van der Waals surface area contributed by atoms with E-state index in [2.05, 4.69) is 10.4 Å². The van der Waals surface area contributed by atoms with E-state index in [4.69, 9.17) is 9.47 Å². The lowest BCUT2D eigenvalue weighted by Gasteiger charge is -2.10. The predicted molar refractivity (Wildman–Crippen MR) is 103 cm³/mol. The molecule has 140 valence electrons. The van der Waals surface area contributed by atoms with Crippen LogP contribution in [0.1, 0.15) is 12.0 Å². The van der Waals surface area contributed by atoms with Gasteiger partial charge < -0.3 is 14.8 Å². The molecule has 27 heavy (non-hydrogen) atoms. The van der Waals surface area contributed by atoms with Gasteiger partial charge in [0.05, 0.1) is 32.0 Å². The Kier molecular flexibility index (Phi) is 6.46. The second-order valence-electron chi connectivity index (χ2n) is 5.98. The number of rotatable bonds is 9. The number of amides is 1. The zero-order chi connectivity index (χ0) is 18.9. The van der Waals surface area contributed by atoms with E-state index in [1.54, 1.807) is 7.11 Å². The summed E-state index contributed by atoms with van der Waals surface area (Å²) in [7, 11) is 1.59. The summed E-state index contributed by atoms with van der Waals surface area (Å²) in [6, 6.07) is 17.3. The number of carbonyl (C=O) groups is 1. The molecular weight excluding hydrogens is 342 g/mol. The topological polar surface area (TPSA) is 65.4 Å². The van der Waals surface area contributed by atoms with E-state index in [-0.39, 0.29) is 5.91 Å². The largest absolute Gasteiger partial charge is 0.493 e. The van der Waals surface area contributed by atoms with Gasteiger partial charge in [-0.05, 0) is 36.2 Å². The third kappa shape index (κ3) is 5.34. The number of para-hydroxylation sites is 3. The van der Waals surface area contributed by atoms with E-state index in [9.17, 15) is 4.79 Å². The lowest BCUT2D eigenvalue weighted by Crippen LogP contribution is -2.27. The van der Waals surface area contributed by atoms with Crippen molar-refractivity contribution in [1.82, 2.24) is 15.1 Å². The average Bonchev–Trinajstić information content (AvgIpc) is 3.18. The molecule has 6 nitrogen and oxygen atoms in total. The fraction of sp³-hybridized carbons (Fsp3) is 0.238. The number of hydrogen-bond acceptors (Lipinski definition) is 4. The Bertz CT molecular complexity index is 862. The molecular formula is C21H23N3O3. The van der Waals surface area contributed by atoms with Crippen molar-refractivity contribution in [1.29, 1.82) is 0 Å². The summed E-state index contributed by atoms with van der Waals surface area (Å²) in [5, 5.41) is 7.26. The van der Waals surface area contributed by atoms with Gasteiger partial charge in [-0.2, -0.15) is 5.10 Å². The predicted octanol–water partition coefficient (Wildman–Crippen LogP) is 3.01. The number of hydrogen-bond donors (Lipinski definition) is 1. The number of benzene rings is 2. The number of aromatic nitrogens is 2. The molecule has 0 atom stereocenters. The summed E-state index contributed by atoms with van der Waals surface area (Å²) in [4.78, 5) is 12.0. The Labute approximate surface area is 158 Å². The van der Waals surface area contributed by atoms with E-state index in [0.29, 0.717) is 31.1 Å². The maximum Gasteiger partial charge on any atom is 0.223 e. The Hall–Kier alpha value is -3.28. The molecule has 2 aromatic carbocycles. The minimum atomic E-state index is -0.0413. The number of ether oxygens (including phenoxy) is 2. The van der Waals surface area contributed by atoms with Crippen molar-refractivity contribution >= 4 is 5.91 Å². The first kappa shape index (κ1) is 18.5. The van der Waals surface area contributed by atoms with E-state index < -0.39 is 0 Å². The zero-order valence-electron chi connectivity index (χ0n) is 15.3. The van der Waals surface area contributed by atoms with Gasteiger partial charge in [-0.3, -0.25) is 4.79 Å². The first-order chi connectivity index (χ1) is 13.3. The molecule has 1 aromatic heterocycles. The fourth-order valence-electron chi connectivity index (χ4n) is 2.64. The molecule has 0 bridgehead atoms. The van der Waals surface area contributed by atoms with Crippen LogP contribution in [0, 0.1) is 0 Å². The molecule has 1 N–H and O–H groups in total. The van der Waals surface area contributed by atoms with Gasteiger partial charge in [0.1, 0.15) is 0 Å². The van der Waals surface area contributed by atoms with Crippen LogP contribution < -0.4 is 14.8 Å². The van der Waals surface area contributed by atoms with E-state index in [1.165, 1.54) is 0 Å². The molecule has 0 aliphatic rings. The molecule has 0 fully saturated rings. The fourth-order valence-corrected chi connectivity index (χ4v) is 2.64. The number of methoxy groups -OCH3 is 1. The minimum absolute atomic E-state index is 0.0413. The van der Waals surface area contributed by atoms with Crippen molar-refractivity contribution < 1.29 is 14.3 Å². The quantitative estimate of drug-likeness (QED) is 0.633. The molecule has 3 rings (SSSR count). The first-order valence-corrected chi connectivity index (χ1v) is 8.88. The van der Waals surface area contributed by atoms with Crippen LogP contribution >= 0.6 is 0 Å². The van der Waals surface area contributed by atoms with Gasteiger partial charge in [-0.1, -0.05) is 30.3 Å². The molecule has 0 spiro atoms. The summed E-state index contributed by atoms with van der Waals surface area (Å²) in [6.07, 6.45) is 4.82. The maximum atomic E-state index is 12.0. The summed E-state index contributed by atoms with van der Waals surface area (Å²) in [5.41, 5.74) is 2.09. The smallest absolute Gasteiger partial charge is 0.223 e. The third-order valence-electron chi connectivity index (χ3n) is 4.05. The maximum absolute atomic E-state index is 12.0. The summed E-state index contributed by atoms with van der Waals surface area (Å²) >= 11 is 0. The Morgan fingerprint density at radius 2 is 1.81 bits per heavy atom. The molecule has 1 amide bonds. The summed E-state index contributed by atoms with van der Waals surface area (Å²) in [6.45, 7) is 0.867. The molecule has 0 aliphatic carbocycles. The second kappa shape index (κ2) is 9.43. The van der Waals surface area contributed by atoms with Crippen LogP contribution in [-0.4, -0.2) is 35.9 Å². The molecule has 3 aromatic rings. The van der Waals surface area contributed by atoms with E-state index in [0.717, 1.165) is 17.7 Å². The average molecular weight is 365 g/mol. The monoisotopic (exact) mass is 365 g/mol. The van der Waals surface area contributed by atoms with Crippen molar-refractivity contribution in [2.75, 3.05) is 20.3 Å². The first-order valence-electron chi connectivity index (χ1n) is 8.88. The molecule has 0 aliphatic heterocycles. The molecule has 6 heteroatoms. The van der Waals surface area contributed by atoms with Crippen molar-refractivity contribution in [2.24, 2.45) is 0 Å². The van der Waals surface area contributed by atoms with Gasteiger partial charge in [-0.15, -0.1) is 0 Å². The lowest BCUT2D eigenvalue weighted by atomic mass is 10.2. The van der Waals surface area contributed by atoms with Gasteiger partial charge in [0.25, 0.3) is 0 Å². The molecule has 0 saturated heterocycles. The highest BCUT2D eigenvalue weighted by Crippen LogP contribution is 2.25. The minimum Gasteiger partial charge on any atom is -0.493 e. The molecule has 0 unspecified atom stereocenters. The normalized spacial score (nSPS) is 10.4.